The van der Waals surface area contributed by atoms with E-state index < -0.39 is 0 Å². The van der Waals surface area contributed by atoms with Gasteiger partial charge in [-0.05, 0) is 49.2 Å². The molecule has 7 nitrogen and oxygen atoms in total. The number of benzene rings is 2. The topological polar surface area (TPSA) is 70.1 Å². The lowest BCUT2D eigenvalue weighted by molar-refractivity contribution is 0.0916. The third kappa shape index (κ3) is 4.94. The van der Waals surface area contributed by atoms with Crippen LogP contribution in [0.15, 0.2) is 41.8 Å². The molecule has 2 heterocycles. The van der Waals surface area contributed by atoms with Gasteiger partial charge in [0.25, 0.3) is 5.91 Å². The standard InChI is InChI=1S/C24H25FN2O5S/c1-29-20-11-16(12-21(30-2)22(20)31-3)23(28)27(13-18-5-4-10-32-18)24-26-19(14-33-24)15-6-8-17(25)9-7-15/h6-9,11-12,14,18H,4-5,10,13H2,1-3H3/t18-/m0/s1. The Labute approximate surface area is 195 Å². The monoisotopic (exact) mass is 472 g/mol. The second-order valence-electron chi connectivity index (χ2n) is 7.49. The number of methoxy groups -OCH3 is 3. The molecule has 174 valence electrons. The van der Waals surface area contributed by atoms with E-state index in [2.05, 4.69) is 4.98 Å². The summed E-state index contributed by atoms with van der Waals surface area (Å²) in [4.78, 5) is 20.0. The van der Waals surface area contributed by atoms with E-state index >= 15 is 0 Å². The predicted molar refractivity (Wildman–Crippen MR) is 124 cm³/mol. The highest BCUT2D eigenvalue weighted by Crippen LogP contribution is 2.39. The van der Waals surface area contributed by atoms with Crippen LogP contribution in [-0.4, -0.2) is 51.5 Å². The molecular formula is C24H25FN2O5S. The normalized spacial score (nSPS) is 15.3. The number of amides is 1. The number of anilines is 1. The fourth-order valence-electron chi connectivity index (χ4n) is 3.74. The van der Waals surface area contributed by atoms with Gasteiger partial charge >= 0.3 is 0 Å². The van der Waals surface area contributed by atoms with Crippen LogP contribution in [0.1, 0.15) is 23.2 Å². The lowest BCUT2D eigenvalue weighted by Gasteiger charge is -2.24. The first kappa shape index (κ1) is 23.0. The van der Waals surface area contributed by atoms with Gasteiger partial charge in [0.2, 0.25) is 5.75 Å². The number of ether oxygens (including phenoxy) is 4. The van der Waals surface area contributed by atoms with Gasteiger partial charge in [-0.1, -0.05) is 0 Å². The molecule has 4 rings (SSSR count). The van der Waals surface area contributed by atoms with E-state index in [9.17, 15) is 9.18 Å². The number of thiazole rings is 1. The summed E-state index contributed by atoms with van der Waals surface area (Å²) in [7, 11) is 4.52. The number of carbonyl (C=O) groups is 1. The molecule has 1 atom stereocenters. The van der Waals surface area contributed by atoms with Gasteiger partial charge in [-0.3, -0.25) is 9.69 Å². The number of hydrogen-bond donors (Lipinski definition) is 0. The molecule has 0 radical (unpaired) electrons. The second kappa shape index (κ2) is 10.2. The quantitative estimate of drug-likeness (QED) is 0.469. The second-order valence-corrected chi connectivity index (χ2v) is 8.32. The molecule has 1 saturated heterocycles. The lowest BCUT2D eigenvalue weighted by Crippen LogP contribution is -2.37. The molecule has 0 bridgehead atoms. The molecule has 1 amide bonds. The summed E-state index contributed by atoms with van der Waals surface area (Å²) in [5.74, 6) is 0.624. The molecule has 0 spiro atoms. The van der Waals surface area contributed by atoms with E-state index in [1.165, 1.54) is 44.8 Å². The highest BCUT2D eigenvalue weighted by molar-refractivity contribution is 7.14. The molecule has 0 N–H and O–H groups in total. The Hall–Kier alpha value is -3.17. The third-order valence-electron chi connectivity index (χ3n) is 5.43. The Kier molecular flexibility index (Phi) is 7.10. The van der Waals surface area contributed by atoms with Crippen LogP contribution in [0.25, 0.3) is 11.3 Å². The largest absolute Gasteiger partial charge is 0.493 e. The van der Waals surface area contributed by atoms with Crippen LogP contribution < -0.4 is 19.1 Å². The molecule has 1 aliphatic rings. The first-order valence-corrected chi connectivity index (χ1v) is 11.4. The fourth-order valence-corrected chi connectivity index (χ4v) is 4.58. The minimum Gasteiger partial charge on any atom is -0.493 e. The minimum absolute atomic E-state index is 0.0749. The van der Waals surface area contributed by atoms with Crippen molar-refractivity contribution in [1.82, 2.24) is 4.98 Å². The molecule has 0 saturated carbocycles. The fraction of sp³-hybridized carbons (Fsp3) is 0.333. The summed E-state index contributed by atoms with van der Waals surface area (Å²) in [6.45, 7) is 1.04. The Balaban J connectivity index is 1.70. The van der Waals surface area contributed by atoms with Crippen molar-refractivity contribution >= 4 is 22.4 Å². The summed E-state index contributed by atoms with van der Waals surface area (Å²) in [5, 5.41) is 2.39. The summed E-state index contributed by atoms with van der Waals surface area (Å²) < 4.78 is 35.3. The van der Waals surface area contributed by atoms with Crippen molar-refractivity contribution in [1.29, 1.82) is 0 Å². The zero-order valence-corrected chi connectivity index (χ0v) is 19.5. The summed E-state index contributed by atoms with van der Waals surface area (Å²) in [5.41, 5.74) is 1.82. The number of rotatable bonds is 8. The Morgan fingerprint density at radius 2 is 1.85 bits per heavy atom. The molecule has 0 unspecified atom stereocenters. The first-order chi connectivity index (χ1) is 16.0. The third-order valence-corrected chi connectivity index (χ3v) is 6.29. The number of nitrogens with zero attached hydrogens (tertiary/aromatic N) is 2. The summed E-state index contributed by atoms with van der Waals surface area (Å²) >= 11 is 1.35. The van der Waals surface area contributed by atoms with Crippen molar-refractivity contribution in [2.75, 3.05) is 39.4 Å². The van der Waals surface area contributed by atoms with Crippen LogP contribution in [-0.2, 0) is 4.74 Å². The van der Waals surface area contributed by atoms with Crippen molar-refractivity contribution < 1.29 is 28.1 Å². The Bertz CT molecular complexity index is 1090. The molecule has 9 heteroatoms. The molecule has 1 aliphatic heterocycles. The number of carbonyl (C=O) groups excluding carboxylic acids is 1. The summed E-state index contributed by atoms with van der Waals surface area (Å²) in [6, 6.07) is 9.36. The van der Waals surface area contributed by atoms with Gasteiger partial charge in [0.1, 0.15) is 5.82 Å². The van der Waals surface area contributed by atoms with Gasteiger partial charge in [0.05, 0.1) is 39.7 Å². The van der Waals surface area contributed by atoms with Crippen LogP contribution in [0.5, 0.6) is 17.2 Å². The molecule has 0 aliphatic carbocycles. The van der Waals surface area contributed by atoms with Gasteiger partial charge in [0, 0.05) is 23.1 Å². The van der Waals surface area contributed by atoms with E-state index in [1.54, 1.807) is 29.2 Å². The molecule has 1 fully saturated rings. The van der Waals surface area contributed by atoms with Crippen LogP contribution in [0, 0.1) is 5.82 Å². The molecule has 1 aromatic heterocycles. The predicted octanol–water partition coefficient (Wildman–Crippen LogP) is 4.80. The van der Waals surface area contributed by atoms with Gasteiger partial charge in [-0.2, -0.15) is 0 Å². The summed E-state index contributed by atoms with van der Waals surface area (Å²) in [6.07, 6.45) is 1.75. The van der Waals surface area contributed by atoms with Gasteiger partial charge in [0.15, 0.2) is 16.6 Å². The van der Waals surface area contributed by atoms with Gasteiger partial charge in [-0.15, -0.1) is 11.3 Å². The van der Waals surface area contributed by atoms with E-state index in [1.807, 2.05) is 5.38 Å². The number of halogens is 1. The highest BCUT2D eigenvalue weighted by atomic mass is 32.1. The molecule has 3 aromatic rings. The number of aromatic nitrogens is 1. The average Bonchev–Trinajstić information content (AvgIpc) is 3.54. The maximum atomic E-state index is 13.7. The van der Waals surface area contributed by atoms with Crippen LogP contribution in [0.3, 0.4) is 0 Å². The SMILES string of the molecule is COc1cc(C(=O)N(C[C@@H]2CCCO2)c2nc(-c3ccc(F)cc3)cs2)cc(OC)c1OC. The van der Waals surface area contributed by atoms with Crippen LogP contribution in [0.2, 0.25) is 0 Å². The van der Waals surface area contributed by atoms with Crippen molar-refractivity contribution in [3.8, 4) is 28.5 Å². The zero-order chi connectivity index (χ0) is 23.4. The van der Waals surface area contributed by atoms with Gasteiger partial charge < -0.3 is 18.9 Å². The van der Waals surface area contributed by atoms with E-state index in [0.717, 1.165) is 18.4 Å². The molecule has 2 aromatic carbocycles. The van der Waals surface area contributed by atoms with Gasteiger partial charge in [-0.25, -0.2) is 9.37 Å². The van der Waals surface area contributed by atoms with E-state index in [-0.39, 0.29) is 17.8 Å². The smallest absolute Gasteiger partial charge is 0.260 e. The van der Waals surface area contributed by atoms with E-state index in [0.29, 0.717) is 46.8 Å². The van der Waals surface area contributed by atoms with Crippen molar-refractivity contribution in [3.63, 3.8) is 0 Å². The Morgan fingerprint density at radius 1 is 1.15 bits per heavy atom. The van der Waals surface area contributed by atoms with Crippen molar-refractivity contribution in [2.24, 2.45) is 0 Å². The maximum absolute atomic E-state index is 13.7. The first-order valence-electron chi connectivity index (χ1n) is 10.5. The number of hydrogen-bond acceptors (Lipinski definition) is 7. The molecule has 33 heavy (non-hydrogen) atoms. The Morgan fingerprint density at radius 3 is 2.42 bits per heavy atom. The molecular weight excluding hydrogens is 447 g/mol. The maximum Gasteiger partial charge on any atom is 0.260 e. The highest BCUT2D eigenvalue weighted by Gasteiger charge is 2.28. The average molecular weight is 473 g/mol. The van der Waals surface area contributed by atoms with Crippen LogP contribution >= 0.6 is 11.3 Å². The van der Waals surface area contributed by atoms with Crippen molar-refractivity contribution in [3.05, 3.63) is 53.2 Å². The van der Waals surface area contributed by atoms with Crippen molar-refractivity contribution in [2.45, 2.75) is 18.9 Å². The minimum atomic E-state index is -0.313. The zero-order valence-electron chi connectivity index (χ0n) is 18.7. The lowest BCUT2D eigenvalue weighted by atomic mass is 10.1. The van der Waals surface area contributed by atoms with Crippen LogP contribution in [0.4, 0.5) is 9.52 Å². The van der Waals surface area contributed by atoms with E-state index in [4.69, 9.17) is 18.9 Å².